The van der Waals surface area contributed by atoms with Crippen LogP contribution in [0.2, 0.25) is 0 Å². The first-order valence-corrected chi connectivity index (χ1v) is 5.92. The van der Waals surface area contributed by atoms with E-state index in [-0.39, 0.29) is 12.2 Å². The largest absolute Gasteiger partial charge is 0.497 e. The van der Waals surface area contributed by atoms with Gasteiger partial charge in [-0.1, -0.05) is 5.16 Å². The van der Waals surface area contributed by atoms with Gasteiger partial charge in [0.2, 0.25) is 0 Å². The summed E-state index contributed by atoms with van der Waals surface area (Å²) in [6, 6.07) is 10.5. The van der Waals surface area contributed by atoms with Crippen molar-refractivity contribution in [3.05, 3.63) is 65.2 Å². The monoisotopic (exact) mass is 277 g/mol. The fourth-order valence-corrected chi connectivity index (χ4v) is 1.53. The molecule has 2 rings (SSSR count). The van der Waals surface area contributed by atoms with E-state index in [2.05, 4.69) is 5.16 Å². The summed E-state index contributed by atoms with van der Waals surface area (Å²) in [6.45, 7) is -0.0568. The van der Waals surface area contributed by atoms with Gasteiger partial charge >= 0.3 is 0 Å². The molecule has 0 aromatic heterocycles. The lowest BCUT2D eigenvalue weighted by Gasteiger charge is -2.02. The summed E-state index contributed by atoms with van der Waals surface area (Å²) >= 11 is 0. The molecule has 0 saturated heterocycles. The molecule has 0 atom stereocenters. The minimum Gasteiger partial charge on any atom is -0.497 e. The maximum Gasteiger partial charge on any atom is 0.145 e. The van der Waals surface area contributed by atoms with Crippen molar-refractivity contribution in [2.24, 2.45) is 5.16 Å². The fraction of sp³-hybridized carbons (Fsp3) is 0.133. The summed E-state index contributed by atoms with van der Waals surface area (Å²) in [6.07, 6.45) is 1.50. The van der Waals surface area contributed by atoms with E-state index in [0.717, 1.165) is 17.4 Å². The summed E-state index contributed by atoms with van der Waals surface area (Å²) in [4.78, 5) is 4.98. The first-order valence-electron chi connectivity index (χ1n) is 5.92. The Morgan fingerprint density at radius 3 is 2.50 bits per heavy atom. The number of hydrogen-bond acceptors (Lipinski definition) is 3. The quantitative estimate of drug-likeness (QED) is 0.618. The summed E-state index contributed by atoms with van der Waals surface area (Å²) in [7, 11) is 1.59. The molecule has 0 aliphatic heterocycles. The standard InChI is InChI=1S/C15H13F2NO2/c1-19-14-6-2-11(3-7-14)9-18-20-10-12-4-5-13(16)8-15(12)17/h2-9H,10H2,1H3. The van der Waals surface area contributed by atoms with Crippen LogP contribution in [0.5, 0.6) is 5.75 Å². The van der Waals surface area contributed by atoms with Crippen LogP contribution in [0.4, 0.5) is 8.78 Å². The molecule has 0 bridgehead atoms. The van der Waals surface area contributed by atoms with Gasteiger partial charge in [0.1, 0.15) is 24.0 Å². The number of methoxy groups -OCH3 is 1. The lowest BCUT2D eigenvalue weighted by atomic mass is 10.2. The summed E-state index contributed by atoms with van der Waals surface area (Å²) in [5.74, 6) is -0.519. The summed E-state index contributed by atoms with van der Waals surface area (Å²) in [5.41, 5.74) is 1.07. The Labute approximate surface area is 115 Å². The number of ether oxygens (including phenoxy) is 1. The fourth-order valence-electron chi connectivity index (χ4n) is 1.53. The zero-order valence-corrected chi connectivity index (χ0v) is 10.8. The molecular formula is C15H13F2NO2. The van der Waals surface area contributed by atoms with Gasteiger partial charge in [-0.25, -0.2) is 8.78 Å². The highest BCUT2D eigenvalue weighted by molar-refractivity contribution is 5.79. The lowest BCUT2D eigenvalue weighted by Crippen LogP contribution is -1.93. The molecular weight excluding hydrogens is 264 g/mol. The van der Waals surface area contributed by atoms with Crippen molar-refractivity contribution in [3.8, 4) is 5.75 Å². The summed E-state index contributed by atoms with van der Waals surface area (Å²) in [5, 5.41) is 3.73. The smallest absolute Gasteiger partial charge is 0.145 e. The molecule has 2 aromatic carbocycles. The van der Waals surface area contributed by atoms with Crippen molar-refractivity contribution < 1.29 is 18.4 Å². The number of benzene rings is 2. The van der Waals surface area contributed by atoms with E-state index in [0.29, 0.717) is 0 Å². The molecule has 0 unspecified atom stereocenters. The van der Waals surface area contributed by atoms with E-state index in [1.807, 2.05) is 12.1 Å². The molecule has 0 saturated carbocycles. The van der Waals surface area contributed by atoms with E-state index < -0.39 is 11.6 Å². The molecule has 0 spiro atoms. The lowest BCUT2D eigenvalue weighted by molar-refractivity contribution is 0.129. The zero-order valence-electron chi connectivity index (χ0n) is 10.8. The molecule has 0 N–H and O–H groups in total. The van der Waals surface area contributed by atoms with Crippen LogP contribution in [0.3, 0.4) is 0 Å². The molecule has 0 aliphatic carbocycles. The molecule has 0 radical (unpaired) electrons. The average molecular weight is 277 g/mol. The van der Waals surface area contributed by atoms with Crippen LogP contribution < -0.4 is 4.74 Å². The van der Waals surface area contributed by atoms with Crippen LogP contribution in [-0.2, 0) is 11.4 Å². The molecule has 0 aliphatic rings. The Kier molecular flexibility index (Phi) is 4.65. The third kappa shape index (κ3) is 3.78. The zero-order chi connectivity index (χ0) is 14.4. The highest BCUT2D eigenvalue weighted by atomic mass is 19.1. The van der Waals surface area contributed by atoms with Gasteiger partial charge in [0, 0.05) is 11.6 Å². The predicted octanol–water partition coefficient (Wildman–Crippen LogP) is 3.52. The van der Waals surface area contributed by atoms with Crippen molar-refractivity contribution in [3.63, 3.8) is 0 Å². The molecule has 0 heterocycles. The van der Waals surface area contributed by atoms with Crippen molar-refractivity contribution in [1.82, 2.24) is 0 Å². The van der Waals surface area contributed by atoms with Crippen LogP contribution in [-0.4, -0.2) is 13.3 Å². The highest BCUT2D eigenvalue weighted by Crippen LogP contribution is 2.11. The maximum absolute atomic E-state index is 13.3. The number of hydrogen-bond donors (Lipinski definition) is 0. The molecule has 5 heteroatoms. The van der Waals surface area contributed by atoms with Crippen LogP contribution in [0.25, 0.3) is 0 Å². The molecule has 104 valence electrons. The third-order valence-corrected chi connectivity index (χ3v) is 2.63. The second-order valence-electron chi connectivity index (χ2n) is 4.02. The Hall–Kier alpha value is -2.43. The second-order valence-corrected chi connectivity index (χ2v) is 4.02. The van der Waals surface area contributed by atoms with E-state index in [1.54, 1.807) is 19.2 Å². The topological polar surface area (TPSA) is 30.8 Å². The van der Waals surface area contributed by atoms with Crippen LogP contribution in [0, 0.1) is 11.6 Å². The maximum atomic E-state index is 13.3. The van der Waals surface area contributed by atoms with Crippen LogP contribution in [0.15, 0.2) is 47.6 Å². The highest BCUT2D eigenvalue weighted by Gasteiger charge is 2.03. The first-order chi connectivity index (χ1) is 9.69. The van der Waals surface area contributed by atoms with Crippen molar-refractivity contribution in [2.75, 3.05) is 7.11 Å². The van der Waals surface area contributed by atoms with Crippen LogP contribution in [0.1, 0.15) is 11.1 Å². The van der Waals surface area contributed by atoms with Crippen molar-refractivity contribution in [2.45, 2.75) is 6.61 Å². The van der Waals surface area contributed by atoms with E-state index in [9.17, 15) is 8.78 Å². The van der Waals surface area contributed by atoms with Gasteiger partial charge in [-0.3, -0.25) is 0 Å². The molecule has 0 fully saturated rings. The van der Waals surface area contributed by atoms with Crippen molar-refractivity contribution in [1.29, 1.82) is 0 Å². The first kappa shape index (κ1) is 14.0. The average Bonchev–Trinajstić information content (AvgIpc) is 2.46. The minimum atomic E-state index is -0.648. The van der Waals surface area contributed by atoms with E-state index in [4.69, 9.17) is 9.57 Å². The second kappa shape index (κ2) is 6.65. The van der Waals surface area contributed by atoms with Gasteiger partial charge in [-0.15, -0.1) is 0 Å². The molecule has 20 heavy (non-hydrogen) atoms. The normalized spacial score (nSPS) is 10.8. The number of rotatable bonds is 5. The number of halogens is 2. The summed E-state index contributed by atoms with van der Waals surface area (Å²) < 4.78 is 31.0. The van der Waals surface area contributed by atoms with Gasteiger partial charge in [-0.2, -0.15) is 0 Å². The van der Waals surface area contributed by atoms with Gasteiger partial charge in [0.05, 0.1) is 13.3 Å². The van der Waals surface area contributed by atoms with Crippen LogP contribution >= 0.6 is 0 Å². The van der Waals surface area contributed by atoms with Crippen molar-refractivity contribution >= 4 is 6.21 Å². The Balaban J connectivity index is 1.89. The van der Waals surface area contributed by atoms with Gasteiger partial charge in [0.25, 0.3) is 0 Å². The van der Waals surface area contributed by atoms with E-state index in [1.165, 1.54) is 18.3 Å². The van der Waals surface area contributed by atoms with Gasteiger partial charge in [0.15, 0.2) is 0 Å². The molecule has 3 nitrogen and oxygen atoms in total. The van der Waals surface area contributed by atoms with Gasteiger partial charge in [-0.05, 0) is 42.0 Å². The van der Waals surface area contributed by atoms with E-state index >= 15 is 0 Å². The molecule has 2 aromatic rings. The minimum absolute atomic E-state index is 0.0568. The predicted molar refractivity (Wildman–Crippen MR) is 71.7 cm³/mol. The number of oxime groups is 1. The van der Waals surface area contributed by atoms with Gasteiger partial charge < -0.3 is 9.57 Å². The SMILES string of the molecule is COc1ccc(C=NOCc2ccc(F)cc2F)cc1. The number of nitrogens with zero attached hydrogens (tertiary/aromatic N) is 1. The Morgan fingerprint density at radius 1 is 1.10 bits per heavy atom. The Morgan fingerprint density at radius 2 is 1.85 bits per heavy atom. The third-order valence-electron chi connectivity index (χ3n) is 2.63. The Bertz CT molecular complexity index is 597. The molecule has 0 amide bonds.